The van der Waals surface area contributed by atoms with Gasteiger partial charge in [-0.15, -0.1) is 0 Å². The Hall–Kier alpha value is -1.38. The first-order valence-electron chi connectivity index (χ1n) is 5.26. The van der Waals surface area contributed by atoms with Crippen molar-refractivity contribution in [2.24, 2.45) is 0 Å². The SMILES string of the molecule is O=C(c1ccccc1)N1CCC(F)CC1. The van der Waals surface area contributed by atoms with Gasteiger partial charge in [-0.05, 0) is 25.0 Å². The highest BCUT2D eigenvalue weighted by atomic mass is 19.1. The van der Waals surface area contributed by atoms with Gasteiger partial charge in [0.1, 0.15) is 6.17 Å². The van der Waals surface area contributed by atoms with E-state index in [9.17, 15) is 9.18 Å². The lowest BCUT2D eigenvalue weighted by Crippen LogP contribution is -2.38. The predicted molar refractivity (Wildman–Crippen MR) is 56.5 cm³/mol. The van der Waals surface area contributed by atoms with E-state index < -0.39 is 6.17 Å². The molecule has 2 nitrogen and oxygen atoms in total. The molecule has 2 rings (SSSR count). The maximum absolute atomic E-state index is 12.9. The lowest BCUT2D eigenvalue weighted by molar-refractivity contribution is 0.0667. The zero-order valence-electron chi connectivity index (χ0n) is 8.53. The molecule has 0 aliphatic carbocycles. The largest absolute Gasteiger partial charge is 0.338 e. The zero-order chi connectivity index (χ0) is 10.7. The normalized spacial score (nSPS) is 17.8. The monoisotopic (exact) mass is 207 g/mol. The number of carbonyl (C=O) groups is 1. The number of amides is 1. The maximum Gasteiger partial charge on any atom is 0.253 e. The van der Waals surface area contributed by atoms with Crippen LogP contribution in [0.2, 0.25) is 0 Å². The maximum atomic E-state index is 12.9. The summed E-state index contributed by atoms with van der Waals surface area (Å²) in [4.78, 5) is 13.6. The third-order valence-corrected chi connectivity index (χ3v) is 2.73. The van der Waals surface area contributed by atoms with E-state index in [0.29, 0.717) is 31.5 Å². The molecule has 1 heterocycles. The highest BCUT2D eigenvalue weighted by molar-refractivity contribution is 5.94. The first-order valence-corrected chi connectivity index (χ1v) is 5.26. The van der Waals surface area contributed by atoms with E-state index in [1.807, 2.05) is 18.2 Å². The van der Waals surface area contributed by atoms with E-state index in [4.69, 9.17) is 0 Å². The molecule has 0 bridgehead atoms. The number of carbonyl (C=O) groups excluding carboxylic acids is 1. The minimum absolute atomic E-state index is 0.0162. The summed E-state index contributed by atoms with van der Waals surface area (Å²) in [5.41, 5.74) is 0.690. The summed E-state index contributed by atoms with van der Waals surface area (Å²) >= 11 is 0. The van der Waals surface area contributed by atoms with Gasteiger partial charge in [0, 0.05) is 18.7 Å². The van der Waals surface area contributed by atoms with Gasteiger partial charge in [0.15, 0.2) is 0 Å². The van der Waals surface area contributed by atoms with Gasteiger partial charge in [-0.25, -0.2) is 4.39 Å². The molecule has 1 aliphatic rings. The van der Waals surface area contributed by atoms with Crippen molar-refractivity contribution >= 4 is 5.91 Å². The van der Waals surface area contributed by atoms with Crippen LogP contribution in [0.4, 0.5) is 4.39 Å². The highest BCUT2D eigenvalue weighted by Crippen LogP contribution is 2.15. The molecule has 1 amide bonds. The Morgan fingerprint density at radius 1 is 1.20 bits per heavy atom. The molecule has 0 atom stereocenters. The van der Waals surface area contributed by atoms with Crippen LogP contribution in [0.15, 0.2) is 30.3 Å². The number of alkyl halides is 1. The summed E-state index contributed by atoms with van der Waals surface area (Å²) in [7, 11) is 0. The van der Waals surface area contributed by atoms with Crippen LogP contribution in [0.5, 0.6) is 0 Å². The minimum atomic E-state index is -0.732. The quantitative estimate of drug-likeness (QED) is 0.691. The molecule has 15 heavy (non-hydrogen) atoms. The molecule has 0 aromatic heterocycles. The minimum Gasteiger partial charge on any atom is -0.338 e. The van der Waals surface area contributed by atoms with Crippen LogP contribution in [-0.4, -0.2) is 30.1 Å². The lowest BCUT2D eigenvalue weighted by atomic mass is 10.1. The Kier molecular flexibility index (Phi) is 2.99. The standard InChI is InChI=1S/C12H14FNO/c13-11-6-8-14(9-7-11)12(15)10-4-2-1-3-5-10/h1-5,11H,6-9H2. The second-order valence-electron chi connectivity index (χ2n) is 3.83. The summed E-state index contributed by atoms with van der Waals surface area (Å²) in [5, 5.41) is 0. The Balaban J connectivity index is 2.03. The second-order valence-corrected chi connectivity index (χ2v) is 3.83. The van der Waals surface area contributed by atoms with Crippen molar-refractivity contribution in [1.29, 1.82) is 0 Å². The third-order valence-electron chi connectivity index (χ3n) is 2.73. The van der Waals surface area contributed by atoms with Crippen LogP contribution < -0.4 is 0 Å². The number of hydrogen-bond donors (Lipinski definition) is 0. The molecule has 0 unspecified atom stereocenters. The van der Waals surface area contributed by atoms with Crippen LogP contribution >= 0.6 is 0 Å². The smallest absolute Gasteiger partial charge is 0.253 e. The number of piperidine rings is 1. The van der Waals surface area contributed by atoms with Gasteiger partial charge in [0.05, 0.1) is 0 Å². The fraction of sp³-hybridized carbons (Fsp3) is 0.417. The molecule has 0 radical (unpaired) electrons. The van der Waals surface area contributed by atoms with Gasteiger partial charge in [-0.3, -0.25) is 4.79 Å². The third kappa shape index (κ3) is 2.35. The van der Waals surface area contributed by atoms with Gasteiger partial charge in [-0.1, -0.05) is 18.2 Å². The molecule has 1 aromatic rings. The Bertz CT molecular complexity index is 331. The molecule has 0 N–H and O–H groups in total. The van der Waals surface area contributed by atoms with Gasteiger partial charge in [0.25, 0.3) is 5.91 Å². The fourth-order valence-electron chi connectivity index (χ4n) is 1.81. The number of hydrogen-bond acceptors (Lipinski definition) is 1. The Labute approximate surface area is 88.7 Å². The van der Waals surface area contributed by atoms with Gasteiger partial charge < -0.3 is 4.90 Å². The average Bonchev–Trinajstić information content (AvgIpc) is 2.30. The van der Waals surface area contributed by atoms with Crippen molar-refractivity contribution < 1.29 is 9.18 Å². The van der Waals surface area contributed by atoms with Gasteiger partial charge in [0.2, 0.25) is 0 Å². The summed E-state index contributed by atoms with van der Waals surface area (Å²) in [6.07, 6.45) is 0.210. The van der Waals surface area contributed by atoms with Crippen molar-refractivity contribution in [2.75, 3.05) is 13.1 Å². The molecule has 0 spiro atoms. The van der Waals surface area contributed by atoms with Gasteiger partial charge in [-0.2, -0.15) is 0 Å². The molecule has 0 saturated carbocycles. The molecule has 3 heteroatoms. The van der Waals surface area contributed by atoms with Gasteiger partial charge >= 0.3 is 0 Å². The summed E-state index contributed by atoms with van der Waals surface area (Å²) in [6, 6.07) is 9.16. The van der Waals surface area contributed by atoms with Crippen LogP contribution in [-0.2, 0) is 0 Å². The predicted octanol–water partition coefficient (Wildman–Crippen LogP) is 2.26. The topological polar surface area (TPSA) is 20.3 Å². The zero-order valence-corrected chi connectivity index (χ0v) is 8.53. The summed E-state index contributed by atoms with van der Waals surface area (Å²) in [5.74, 6) is 0.0162. The molecule has 1 fully saturated rings. The first kappa shape index (κ1) is 10.1. The highest BCUT2D eigenvalue weighted by Gasteiger charge is 2.22. The van der Waals surface area contributed by atoms with Crippen LogP contribution in [0, 0.1) is 0 Å². The van der Waals surface area contributed by atoms with Crippen LogP contribution in [0.1, 0.15) is 23.2 Å². The van der Waals surface area contributed by atoms with Crippen LogP contribution in [0.3, 0.4) is 0 Å². The number of benzene rings is 1. The molecule has 80 valence electrons. The van der Waals surface area contributed by atoms with Crippen molar-refractivity contribution in [2.45, 2.75) is 19.0 Å². The Morgan fingerprint density at radius 2 is 1.80 bits per heavy atom. The van der Waals surface area contributed by atoms with Crippen molar-refractivity contribution in [3.63, 3.8) is 0 Å². The molecular formula is C12H14FNO. The van der Waals surface area contributed by atoms with E-state index in [1.165, 1.54) is 0 Å². The summed E-state index contributed by atoms with van der Waals surface area (Å²) < 4.78 is 12.9. The van der Waals surface area contributed by atoms with E-state index in [1.54, 1.807) is 17.0 Å². The van der Waals surface area contributed by atoms with Crippen LogP contribution in [0.25, 0.3) is 0 Å². The molecule has 1 aromatic carbocycles. The van der Waals surface area contributed by atoms with Crippen molar-refractivity contribution in [3.8, 4) is 0 Å². The van der Waals surface area contributed by atoms with E-state index in [0.717, 1.165) is 0 Å². The van der Waals surface area contributed by atoms with Crippen molar-refractivity contribution in [3.05, 3.63) is 35.9 Å². The number of likely N-dealkylation sites (tertiary alicyclic amines) is 1. The first-order chi connectivity index (χ1) is 7.27. The average molecular weight is 207 g/mol. The van der Waals surface area contributed by atoms with E-state index in [2.05, 4.69) is 0 Å². The second kappa shape index (κ2) is 4.43. The lowest BCUT2D eigenvalue weighted by Gasteiger charge is -2.28. The number of nitrogens with zero attached hydrogens (tertiary/aromatic N) is 1. The van der Waals surface area contributed by atoms with E-state index >= 15 is 0 Å². The number of rotatable bonds is 1. The van der Waals surface area contributed by atoms with Crippen molar-refractivity contribution in [1.82, 2.24) is 4.90 Å². The Morgan fingerprint density at radius 3 is 2.40 bits per heavy atom. The molecule has 1 aliphatic heterocycles. The fourth-order valence-corrected chi connectivity index (χ4v) is 1.81. The van der Waals surface area contributed by atoms with E-state index in [-0.39, 0.29) is 5.91 Å². The number of halogens is 1. The summed E-state index contributed by atoms with van der Waals surface area (Å²) in [6.45, 7) is 1.07. The molecular weight excluding hydrogens is 193 g/mol. The molecule has 1 saturated heterocycles.